The summed E-state index contributed by atoms with van der Waals surface area (Å²) in [6.45, 7) is 46.6. The van der Waals surface area contributed by atoms with Crippen LogP contribution in [0.15, 0.2) is 257 Å². The Labute approximate surface area is 702 Å². The summed E-state index contributed by atoms with van der Waals surface area (Å²) in [5, 5.41) is 2.51. The molecule has 0 spiro atoms. The van der Waals surface area contributed by atoms with Gasteiger partial charge in [0.05, 0.1) is 90.5 Å². The molecule has 0 bridgehead atoms. The first-order valence-electron chi connectivity index (χ1n) is 40.5. The highest BCUT2D eigenvalue weighted by Crippen LogP contribution is 2.38. The van der Waals surface area contributed by atoms with Gasteiger partial charge >= 0.3 is 0 Å². The van der Waals surface area contributed by atoms with E-state index in [1.807, 2.05) is 113 Å². The minimum absolute atomic E-state index is 0.0824. The van der Waals surface area contributed by atoms with Gasteiger partial charge in [0.15, 0.2) is 65.1 Å². The smallest absolute Gasteiger partial charge is 0.217 e. The molecule has 10 aromatic heterocycles. The highest BCUT2D eigenvalue weighted by Gasteiger charge is 2.29. The Hall–Kier alpha value is -13.7. The lowest BCUT2D eigenvalue weighted by Gasteiger charge is -2.22. The molecule has 7 aromatic carbocycles. The van der Waals surface area contributed by atoms with Crippen LogP contribution in [0.5, 0.6) is 0 Å². The van der Waals surface area contributed by atoms with Gasteiger partial charge in [-0.2, -0.15) is 22.8 Å². The van der Waals surface area contributed by atoms with E-state index in [0.29, 0.717) is 5.69 Å². The van der Waals surface area contributed by atoms with E-state index in [2.05, 4.69) is 368 Å². The maximum absolute atomic E-state index is 7.40. The molecule has 0 fully saturated rings. The van der Waals surface area contributed by atoms with Gasteiger partial charge in [-0.3, -0.25) is 0 Å². The van der Waals surface area contributed by atoms with Crippen molar-refractivity contribution in [3.63, 3.8) is 0 Å². The summed E-state index contributed by atoms with van der Waals surface area (Å²) in [5.74, 6) is 1.02. The summed E-state index contributed by atoms with van der Waals surface area (Å²) in [5.41, 5.74) is 39.3. The van der Waals surface area contributed by atoms with Gasteiger partial charge in [0.1, 0.15) is 5.82 Å². The van der Waals surface area contributed by atoms with E-state index in [4.69, 9.17) is 11.6 Å². The van der Waals surface area contributed by atoms with E-state index in [-0.39, 0.29) is 5.41 Å². The molecule has 0 atom stereocenters. The maximum atomic E-state index is 7.40. The maximum Gasteiger partial charge on any atom is 0.217 e. The van der Waals surface area contributed by atoms with Crippen molar-refractivity contribution in [3.05, 3.63) is 358 Å². The first-order valence-corrected chi connectivity index (χ1v) is 40.5. The van der Waals surface area contributed by atoms with E-state index in [1.54, 1.807) is 6.33 Å². The number of rotatable bonds is 10. The second-order valence-corrected chi connectivity index (χ2v) is 32.6. The minimum Gasteiger partial charge on any atom is -0.334 e. The molecule has 0 N–H and O–H groups in total. The summed E-state index contributed by atoms with van der Waals surface area (Å²) < 4.78 is 21.6. The first kappa shape index (κ1) is 83.3. The highest BCUT2D eigenvalue weighted by atomic mass is 15.1. The second-order valence-electron chi connectivity index (χ2n) is 32.6. The fourth-order valence-corrected chi connectivity index (χ4v) is 16.6. The Morgan fingerprint density at radius 3 is 1.22 bits per heavy atom. The summed E-state index contributed by atoms with van der Waals surface area (Å²) >= 11 is 0. The monoisotopic (exact) mass is 1570 g/mol. The van der Waals surface area contributed by atoms with Crippen LogP contribution in [-0.4, -0.2) is 47.8 Å². The molecule has 0 aliphatic carbocycles. The SMILES string of the molecule is Cc1c(-c2cncn2C)cc(C(C)(C)C)cc1-[n+]1ccccc1C.Cc1cc(-c2cncn2C)c(C)c(-[n+]2ccccc2C)c1.Cc1cc(C)c(-[n+]2cc3ccccc3cc2C)c(C)c1-c1nc2ccccc2n1C.Cc1cc(C)c(-[n+]2ccccc2C)c(C)c1-c1cncn1C.[C-]#[N+]c1cc(-c2cncn2C)c(C)c(-[n+]2ccccc2C)c1. The van der Waals surface area contributed by atoms with Gasteiger partial charge in [-0.15, -0.1) is 0 Å². The fraction of sp³-hybridized carbons (Fsp3) is 0.233. The standard InChI is InChI=1S/C27H26N3.C21H26N3.C19H22N3.C18H17N4.C18H20N3/c1-17-14-18(2)26(30-16-22-11-7-6-10-21(22)15-19(30)3)20(4)25(17)27-28-23-12-8-9-13-24(23)29(27)5;1-15-9-7-8-10-24(15)19-12-17(21(3,4)5)11-18(16(19)2)20-13-22-14-23(20)6;1-13-10-14(2)19(22-9-7-6-8-15(22)3)16(4)18(13)17-11-20-12-21(17)5;1-13-7-5-6-8-22(13)17-10-15(19-3)9-16(14(17)2)18-11-20-12-21(18)4;1-13-9-16(18-11-19-12-20(18)4)15(3)17(10-13)21-8-6-5-7-14(21)2/h6-16H,1-5H3;7-14H,1-6H3;6-12H,1-5H3;5-12H,1-2,4H3;5-12H,1-4H3/q5*+1. The number of benzene rings is 7. The van der Waals surface area contributed by atoms with E-state index >= 15 is 0 Å². The third kappa shape index (κ3) is 17.2. The second kappa shape index (κ2) is 35.0. The van der Waals surface area contributed by atoms with Gasteiger partial charge < -0.3 is 22.8 Å². The van der Waals surface area contributed by atoms with Crippen LogP contribution in [0.1, 0.15) is 110 Å². The molecule has 17 rings (SSSR count). The molecule has 10 heterocycles. The van der Waals surface area contributed by atoms with Crippen LogP contribution in [0.25, 0.3) is 112 Å². The largest absolute Gasteiger partial charge is 0.334 e. The number of nitrogens with zero attached hydrogens (tertiary/aromatic N) is 16. The molecule has 0 amide bonds. The summed E-state index contributed by atoms with van der Waals surface area (Å²) in [6, 6.07) is 61.6. The van der Waals surface area contributed by atoms with E-state index < -0.39 is 0 Å². The lowest BCUT2D eigenvalue weighted by molar-refractivity contribution is -0.603. The topological polar surface area (TPSA) is 113 Å². The van der Waals surface area contributed by atoms with Crippen LogP contribution in [0.3, 0.4) is 0 Å². The molecule has 0 saturated carbocycles. The Bertz CT molecular complexity index is 6690. The molecule has 16 nitrogen and oxygen atoms in total. The number of fused-ring (bicyclic) bond motifs is 2. The van der Waals surface area contributed by atoms with E-state index in [9.17, 15) is 0 Å². The lowest BCUT2D eigenvalue weighted by Crippen LogP contribution is -2.36. The normalized spacial score (nSPS) is 11.1. The number of aromatic nitrogens is 15. The molecule has 16 heteroatoms. The minimum atomic E-state index is 0.0824. The Morgan fingerprint density at radius 2 is 0.756 bits per heavy atom. The molecule has 0 unspecified atom stereocenters. The molecule has 17 aromatic rings. The van der Waals surface area contributed by atoms with Crippen molar-refractivity contribution >= 4 is 27.5 Å². The van der Waals surface area contributed by atoms with E-state index in [1.165, 1.54) is 134 Å². The van der Waals surface area contributed by atoms with Crippen molar-refractivity contribution in [1.82, 2.24) is 47.8 Å². The highest BCUT2D eigenvalue weighted by molar-refractivity contribution is 5.84. The average Bonchev–Trinajstić information content (AvgIpc) is 1.73. The number of pyridine rings is 5. The molecule has 0 radical (unpaired) electrons. The zero-order chi connectivity index (χ0) is 85.0. The number of hydrogen-bond donors (Lipinski definition) is 0. The Balaban J connectivity index is 0.000000130. The van der Waals surface area contributed by atoms with Gasteiger partial charge in [-0.1, -0.05) is 75.4 Å². The van der Waals surface area contributed by atoms with E-state index in [0.717, 1.165) is 62.1 Å². The van der Waals surface area contributed by atoms with Crippen LogP contribution >= 0.6 is 0 Å². The number of hydrogen-bond acceptors (Lipinski definition) is 5. The predicted octanol–water partition coefficient (Wildman–Crippen LogP) is 20.6. The molecular formula is C103H111N16+5. The zero-order valence-corrected chi connectivity index (χ0v) is 73.4. The van der Waals surface area contributed by atoms with Crippen LogP contribution in [-0.2, 0) is 40.7 Å². The van der Waals surface area contributed by atoms with Gasteiger partial charge in [0.2, 0.25) is 28.4 Å². The van der Waals surface area contributed by atoms with Crippen molar-refractivity contribution in [3.8, 4) is 84.9 Å². The Kier molecular flexibility index (Phi) is 24.5. The first-order chi connectivity index (χ1) is 56.9. The third-order valence-corrected chi connectivity index (χ3v) is 23.0. The van der Waals surface area contributed by atoms with Crippen LogP contribution in [0, 0.1) is 110 Å². The van der Waals surface area contributed by atoms with Crippen molar-refractivity contribution in [1.29, 1.82) is 0 Å². The van der Waals surface area contributed by atoms with Crippen molar-refractivity contribution in [2.75, 3.05) is 0 Å². The molecular weight excluding hydrogens is 1460 g/mol. The number of imidazole rings is 5. The molecule has 0 aliphatic rings. The van der Waals surface area contributed by atoms with Crippen LogP contribution < -0.4 is 22.8 Å². The van der Waals surface area contributed by atoms with Gasteiger partial charge in [-0.25, -0.2) is 29.8 Å². The van der Waals surface area contributed by atoms with Crippen molar-refractivity contribution in [2.45, 2.75) is 130 Å². The van der Waals surface area contributed by atoms with Gasteiger partial charge in [0.25, 0.3) is 0 Å². The predicted molar refractivity (Wildman–Crippen MR) is 482 cm³/mol. The molecule has 119 heavy (non-hydrogen) atoms. The molecule has 598 valence electrons. The Morgan fingerprint density at radius 1 is 0.353 bits per heavy atom. The van der Waals surface area contributed by atoms with Crippen molar-refractivity contribution in [2.24, 2.45) is 35.2 Å². The van der Waals surface area contributed by atoms with Crippen molar-refractivity contribution < 1.29 is 22.8 Å². The van der Waals surface area contributed by atoms with Crippen LogP contribution in [0.2, 0.25) is 0 Å². The van der Waals surface area contributed by atoms with Gasteiger partial charge in [0, 0.05) is 209 Å². The number of para-hydroxylation sites is 2. The summed E-state index contributed by atoms with van der Waals surface area (Å²) in [6.07, 6.45) is 25.7. The third-order valence-electron chi connectivity index (χ3n) is 23.0. The molecule has 0 saturated heterocycles. The average molecular weight is 1570 g/mol. The quantitative estimate of drug-likeness (QED) is 0.1000. The zero-order valence-electron chi connectivity index (χ0n) is 73.4. The number of aryl methyl sites for hydroxylation is 15. The summed E-state index contributed by atoms with van der Waals surface area (Å²) in [7, 11) is 10.2. The molecule has 0 aliphatic heterocycles. The fourth-order valence-electron chi connectivity index (χ4n) is 16.6. The lowest BCUT2D eigenvalue weighted by atomic mass is 9.84. The van der Waals surface area contributed by atoms with Crippen LogP contribution in [0.4, 0.5) is 5.69 Å². The van der Waals surface area contributed by atoms with Gasteiger partial charge in [-0.05, 0) is 156 Å². The summed E-state index contributed by atoms with van der Waals surface area (Å²) in [4.78, 5) is 25.7.